The Hall–Kier alpha value is -1.40. The summed E-state index contributed by atoms with van der Waals surface area (Å²) in [4.78, 5) is 11.8. The van der Waals surface area contributed by atoms with Crippen molar-refractivity contribution in [2.45, 2.75) is 36.9 Å². The smallest absolute Gasteiger partial charge is 0.309 e. The van der Waals surface area contributed by atoms with Crippen LogP contribution in [0, 0.1) is 24.7 Å². The number of benzene rings is 1. The second-order valence-corrected chi connectivity index (χ2v) is 7.80. The maximum Gasteiger partial charge on any atom is 0.309 e. The predicted molar refractivity (Wildman–Crippen MR) is 72.8 cm³/mol. The highest BCUT2D eigenvalue weighted by Crippen LogP contribution is 2.55. The summed E-state index contributed by atoms with van der Waals surface area (Å²) in [5.41, 5.74) is 0.987. The van der Waals surface area contributed by atoms with Gasteiger partial charge in [-0.15, -0.1) is 0 Å². The average molecular weight is 308 g/mol. The van der Waals surface area contributed by atoms with Crippen LogP contribution in [0.3, 0.4) is 0 Å². The van der Waals surface area contributed by atoms with Crippen LogP contribution in [0.15, 0.2) is 29.2 Å². The Morgan fingerprint density at radius 1 is 1.19 bits per heavy atom. The van der Waals surface area contributed by atoms with E-state index in [1.807, 2.05) is 6.92 Å². The summed E-state index contributed by atoms with van der Waals surface area (Å²) in [6.45, 7) is 1.89. The van der Waals surface area contributed by atoms with E-state index in [2.05, 4.69) is 0 Å². The molecule has 1 heterocycles. The molecule has 1 saturated heterocycles. The fraction of sp³-hybridized carbons (Fsp3) is 0.533. The van der Waals surface area contributed by atoms with Crippen LogP contribution < -0.4 is 0 Å². The molecule has 0 amide bonds. The highest BCUT2D eigenvalue weighted by atomic mass is 32.2. The van der Waals surface area contributed by atoms with E-state index in [1.54, 1.807) is 24.3 Å². The van der Waals surface area contributed by atoms with E-state index < -0.39 is 16.2 Å². The molecule has 3 aliphatic rings. The third-order valence-electron chi connectivity index (χ3n) is 4.96. The molecular weight excluding hydrogens is 292 g/mol. The molecule has 0 aromatic heterocycles. The normalized spacial score (nSPS) is 37.0. The number of aryl methyl sites for hydroxylation is 1. The number of esters is 1. The molecule has 4 rings (SSSR count). The van der Waals surface area contributed by atoms with Gasteiger partial charge < -0.3 is 4.74 Å². The lowest BCUT2D eigenvalue weighted by Crippen LogP contribution is -2.36. The SMILES string of the molecule is Cc1ccc(S(=O)(=O)O[C@@H]2[C@H]3C[C@@H]4[C@@H]2OC(=O)[C@@H]4C3)cc1. The minimum atomic E-state index is -3.82. The fourth-order valence-corrected chi connectivity index (χ4v) is 5.08. The molecule has 5 nitrogen and oxygen atoms in total. The number of hydrogen-bond donors (Lipinski definition) is 0. The molecule has 0 unspecified atom stereocenters. The standard InChI is InChI=1S/C15H16O5S/c1-8-2-4-10(5-3-8)21(17,18)20-13-9-6-11-12(7-9)15(16)19-14(11)13/h2-5,9,11-14H,6-7H2,1H3/t9-,11-,12+,13+,14-/m0/s1. The van der Waals surface area contributed by atoms with Gasteiger partial charge in [0.15, 0.2) is 0 Å². The van der Waals surface area contributed by atoms with Crippen LogP contribution >= 0.6 is 0 Å². The van der Waals surface area contributed by atoms with E-state index >= 15 is 0 Å². The van der Waals surface area contributed by atoms with Crippen molar-refractivity contribution in [3.63, 3.8) is 0 Å². The molecule has 1 aliphatic heterocycles. The lowest BCUT2D eigenvalue weighted by Gasteiger charge is -2.24. The second kappa shape index (κ2) is 4.30. The minimum absolute atomic E-state index is 0.0399. The first-order valence-corrected chi connectivity index (χ1v) is 8.57. The summed E-state index contributed by atoms with van der Waals surface area (Å²) in [5.74, 6) is 0.0191. The van der Waals surface area contributed by atoms with Gasteiger partial charge in [0.05, 0.1) is 10.8 Å². The zero-order valence-electron chi connectivity index (χ0n) is 11.6. The molecule has 2 saturated carbocycles. The first-order chi connectivity index (χ1) is 9.95. The number of hydrogen-bond acceptors (Lipinski definition) is 5. The molecule has 2 bridgehead atoms. The Balaban J connectivity index is 1.59. The first kappa shape index (κ1) is 13.3. The van der Waals surface area contributed by atoms with Gasteiger partial charge in [0.2, 0.25) is 0 Å². The topological polar surface area (TPSA) is 69.7 Å². The molecule has 0 radical (unpaired) electrons. The molecular formula is C15H16O5S. The summed E-state index contributed by atoms with van der Waals surface area (Å²) in [5, 5.41) is 0. The van der Waals surface area contributed by atoms with Gasteiger partial charge in [-0.3, -0.25) is 8.98 Å². The summed E-state index contributed by atoms with van der Waals surface area (Å²) >= 11 is 0. The van der Waals surface area contributed by atoms with Gasteiger partial charge in [-0.2, -0.15) is 8.42 Å². The van der Waals surface area contributed by atoms with Gasteiger partial charge in [0.25, 0.3) is 10.1 Å². The third-order valence-corrected chi connectivity index (χ3v) is 6.29. The van der Waals surface area contributed by atoms with Crippen LogP contribution in [-0.2, 0) is 23.8 Å². The zero-order chi connectivity index (χ0) is 14.8. The van der Waals surface area contributed by atoms with Crippen LogP contribution in [-0.4, -0.2) is 26.6 Å². The molecule has 5 atom stereocenters. The van der Waals surface area contributed by atoms with E-state index in [0.29, 0.717) is 6.42 Å². The molecule has 6 heteroatoms. The van der Waals surface area contributed by atoms with Gasteiger partial charge in [-0.25, -0.2) is 0 Å². The van der Waals surface area contributed by atoms with Crippen molar-refractivity contribution >= 4 is 16.1 Å². The van der Waals surface area contributed by atoms with Crippen LogP contribution in [0.2, 0.25) is 0 Å². The summed E-state index contributed by atoms with van der Waals surface area (Å²) in [7, 11) is -3.82. The van der Waals surface area contributed by atoms with Gasteiger partial charge in [0.1, 0.15) is 12.2 Å². The minimum Gasteiger partial charge on any atom is -0.459 e. The van der Waals surface area contributed by atoms with Gasteiger partial charge in [-0.1, -0.05) is 17.7 Å². The molecule has 3 fully saturated rings. The van der Waals surface area contributed by atoms with Crippen molar-refractivity contribution in [1.82, 2.24) is 0 Å². The number of ether oxygens (including phenoxy) is 1. The van der Waals surface area contributed by atoms with Crippen molar-refractivity contribution in [1.29, 1.82) is 0 Å². The molecule has 21 heavy (non-hydrogen) atoms. The lowest BCUT2D eigenvalue weighted by atomic mass is 9.88. The maximum atomic E-state index is 12.4. The van der Waals surface area contributed by atoms with Crippen LogP contribution in [0.5, 0.6) is 0 Å². The van der Waals surface area contributed by atoms with E-state index in [9.17, 15) is 13.2 Å². The predicted octanol–water partition coefficient (Wildman–Crippen LogP) is 1.65. The summed E-state index contributed by atoms with van der Waals surface area (Å²) < 4.78 is 35.5. The molecule has 112 valence electrons. The quantitative estimate of drug-likeness (QED) is 0.627. The zero-order valence-corrected chi connectivity index (χ0v) is 12.4. The molecule has 1 aromatic carbocycles. The molecule has 2 aliphatic carbocycles. The van der Waals surface area contributed by atoms with Crippen LogP contribution in [0.4, 0.5) is 0 Å². The van der Waals surface area contributed by atoms with E-state index in [1.165, 1.54) is 0 Å². The molecule has 1 aromatic rings. The Morgan fingerprint density at radius 2 is 1.90 bits per heavy atom. The second-order valence-electron chi connectivity index (χ2n) is 6.23. The Morgan fingerprint density at radius 3 is 2.62 bits per heavy atom. The lowest BCUT2D eigenvalue weighted by molar-refractivity contribution is -0.145. The van der Waals surface area contributed by atoms with Crippen LogP contribution in [0.1, 0.15) is 18.4 Å². The number of carbonyl (C=O) groups excluding carboxylic acids is 1. The third kappa shape index (κ3) is 1.92. The van der Waals surface area contributed by atoms with E-state index in [4.69, 9.17) is 8.92 Å². The van der Waals surface area contributed by atoms with Crippen molar-refractivity contribution in [2.24, 2.45) is 17.8 Å². The number of fused-ring (bicyclic) bond motifs is 1. The van der Waals surface area contributed by atoms with Crippen molar-refractivity contribution in [2.75, 3.05) is 0 Å². The fourth-order valence-electron chi connectivity index (χ4n) is 3.94. The maximum absolute atomic E-state index is 12.4. The highest BCUT2D eigenvalue weighted by Gasteiger charge is 2.63. The van der Waals surface area contributed by atoms with Crippen molar-refractivity contribution in [3.8, 4) is 0 Å². The van der Waals surface area contributed by atoms with Gasteiger partial charge in [0, 0.05) is 5.92 Å². The average Bonchev–Trinajstić information content (AvgIpc) is 3.04. The van der Waals surface area contributed by atoms with Gasteiger partial charge >= 0.3 is 5.97 Å². The Kier molecular flexibility index (Phi) is 2.72. The summed E-state index contributed by atoms with van der Waals surface area (Å²) in [6, 6.07) is 6.56. The van der Waals surface area contributed by atoms with Crippen molar-refractivity contribution in [3.05, 3.63) is 29.8 Å². The summed E-state index contributed by atoms with van der Waals surface area (Å²) in [6.07, 6.45) is 0.606. The number of rotatable bonds is 3. The largest absolute Gasteiger partial charge is 0.459 e. The Bertz CT molecular complexity index is 693. The first-order valence-electron chi connectivity index (χ1n) is 7.16. The monoisotopic (exact) mass is 308 g/mol. The van der Waals surface area contributed by atoms with Crippen molar-refractivity contribution < 1.29 is 22.1 Å². The molecule has 0 N–H and O–H groups in total. The van der Waals surface area contributed by atoms with E-state index in [-0.39, 0.29) is 34.7 Å². The Labute approximate surface area is 123 Å². The van der Waals surface area contributed by atoms with E-state index in [0.717, 1.165) is 12.0 Å². The molecule has 0 spiro atoms. The van der Waals surface area contributed by atoms with Gasteiger partial charge in [-0.05, 0) is 37.8 Å². The van der Waals surface area contributed by atoms with Crippen LogP contribution in [0.25, 0.3) is 0 Å². The number of carbonyl (C=O) groups is 1. The highest BCUT2D eigenvalue weighted by molar-refractivity contribution is 7.86.